The van der Waals surface area contributed by atoms with Crippen LogP contribution < -0.4 is 10.7 Å². The lowest BCUT2D eigenvalue weighted by molar-refractivity contribution is -0.139. The van der Waals surface area contributed by atoms with Gasteiger partial charge in [0.25, 0.3) is 0 Å². The molecule has 1 heterocycles. The Morgan fingerprint density at radius 2 is 1.96 bits per heavy atom. The van der Waals surface area contributed by atoms with E-state index in [9.17, 15) is 14.0 Å². The molecular weight excluding hydrogens is 301 g/mol. The minimum absolute atomic E-state index is 0.102. The van der Waals surface area contributed by atoms with Crippen molar-refractivity contribution < 1.29 is 18.4 Å². The highest BCUT2D eigenvalue weighted by molar-refractivity contribution is 6.35. The van der Waals surface area contributed by atoms with E-state index in [-0.39, 0.29) is 6.04 Å². The van der Waals surface area contributed by atoms with Gasteiger partial charge in [-0.15, -0.1) is 0 Å². The molecule has 2 N–H and O–H groups in total. The number of benzene rings is 1. The van der Waals surface area contributed by atoms with Crippen molar-refractivity contribution in [1.29, 1.82) is 0 Å². The van der Waals surface area contributed by atoms with Crippen LogP contribution in [-0.4, -0.2) is 24.1 Å². The molecule has 118 valence electrons. The minimum Gasteiger partial charge on any atom is -0.455 e. The number of rotatable bonds is 4. The molecule has 1 aromatic carbocycles. The maximum Gasteiger partial charge on any atom is 0.329 e. The van der Waals surface area contributed by atoms with Gasteiger partial charge in [-0.2, -0.15) is 5.10 Å². The highest BCUT2D eigenvalue weighted by atomic mass is 19.1. The summed E-state index contributed by atoms with van der Waals surface area (Å²) in [5.41, 5.74) is 2.44. The van der Waals surface area contributed by atoms with Crippen molar-refractivity contribution in [3.05, 3.63) is 48.0 Å². The Balaban J connectivity index is 1.59. The van der Waals surface area contributed by atoms with Crippen molar-refractivity contribution in [3.63, 3.8) is 0 Å². The number of hydrogen-bond donors (Lipinski definition) is 2. The summed E-state index contributed by atoms with van der Waals surface area (Å²) in [7, 11) is 0. The van der Waals surface area contributed by atoms with Crippen LogP contribution in [0, 0.1) is 5.82 Å². The molecule has 0 spiro atoms. The Kier molecular flexibility index (Phi) is 4.18. The van der Waals surface area contributed by atoms with Crippen LogP contribution >= 0.6 is 0 Å². The van der Waals surface area contributed by atoms with Crippen LogP contribution in [0.1, 0.15) is 18.6 Å². The molecule has 0 atom stereocenters. The summed E-state index contributed by atoms with van der Waals surface area (Å²) in [6.07, 6.45) is 3.04. The fraction of sp³-hybridized carbons (Fsp3) is 0.188. The number of furan rings is 1. The third-order valence-corrected chi connectivity index (χ3v) is 3.24. The predicted molar refractivity (Wildman–Crippen MR) is 81.0 cm³/mol. The first-order chi connectivity index (χ1) is 11.1. The summed E-state index contributed by atoms with van der Waals surface area (Å²) >= 11 is 0. The zero-order valence-electron chi connectivity index (χ0n) is 12.1. The third kappa shape index (κ3) is 3.82. The van der Waals surface area contributed by atoms with Gasteiger partial charge in [-0.05, 0) is 37.1 Å². The molecule has 0 radical (unpaired) electrons. The maximum atomic E-state index is 13.6. The highest BCUT2D eigenvalue weighted by Crippen LogP contribution is 2.24. The number of nitrogens with one attached hydrogen (secondary N) is 2. The summed E-state index contributed by atoms with van der Waals surface area (Å²) in [6.45, 7) is 0. The molecule has 1 fully saturated rings. The van der Waals surface area contributed by atoms with E-state index in [2.05, 4.69) is 15.8 Å². The molecule has 0 bridgehead atoms. The molecule has 3 rings (SSSR count). The Morgan fingerprint density at radius 3 is 2.70 bits per heavy atom. The van der Waals surface area contributed by atoms with Crippen LogP contribution in [0.3, 0.4) is 0 Å². The molecule has 2 amide bonds. The zero-order valence-corrected chi connectivity index (χ0v) is 12.1. The van der Waals surface area contributed by atoms with Crippen molar-refractivity contribution >= 4 is 18.0 Å². The molecule has 0 saturated heterocycles. The van der Waals surface area contributed by atoms with Gasteiger partial charge in [0.05, 0.1) is 11.8 Å². The van der Waals surface area contributed by atoms with E-state index in [1.54, 1.807) is 30.3 Å². The van der Waals surface area contributed by atoms with Gasteiger partial charge in [0.1, 0.15) is 17.3 Å². The summed E-state index contributed by atoms with van der Waals surface area (Å²) in [5.74, 6) is -1.27. The first-order valence-corrected chi connectivity index (χ1v) is 7.12. The summed E-state index contributed by atoms with van der Waals surface area (Å²) in [6, 6.07) is 9.51. The van der Waals surface area contributed by atoms with E-state index in [1.807, 2.05) is 0 Å². The summed E-state index contributed by atoms with van der Waals surface area (Å²) < 4.78 is 19.1. The van der Waals surface area contributed by atoms with Crippen LogP contribution in [0.5, 0.6) is 0 Å². The lowest BCUT2D eigenvalue weighted by atomic mass is 10.1. The van der Waals surface area contributed by atoms with Gasteiger partial charge in [-0.25, -0.2) is 9.82 Å². The standard InChI is InChI=1S/C16H14FN3O3/c17-13-4-2-1-3-12(13)14-8-7-11(23-14)9-18-20-16(22)15(21)19-10-5-6-10/h1-4,7-10H,5-6H2,(H,19,21)(H,20,22)/b18-9-. The Hall–Kier alpha value is -2.96. The van der Waals surface area contributed by atoms with E-state index >= 15 is 0 Å². The number of amides is 2. The molecule has 7 heteroatoms. The van der Waals surface area contributed by atoms with Crippen LogP contribution in [0.2, 0.25) is 0 Å². The highest BCUT2D eigenvalue weighted by Gasteiger charge is 2.26. The maximum absolute atomic E-state index is 13.6. The van der Waals surface area contributed by atoms with Crippen molar-refractivity contribution in [3.8, 4) is 11.3 Å². The lowest BCUT2D eigenvalue weighted by Crippen LogP contribution is -2.38. The van der Waals surface area contributed by atoms with Gasteiger partial charge < -0.3 is 9.73 Å². The Morgan fingerprint density at radius 1 is 1.17 bits per heavy atom. The van der Waals surface area contributed by atoms with Crippen molar-refractivity contribution in [2.45, 2.75) is 18.9 Å². The minimum atomic E-state index is -0.839. The largest absolute Gasteiger partial charge is 0.455 e. The van der Waals surface area contributed by atoms with Gasteiger partial charge in [-0.3, -0.25) is 9.59 Å². The van der Waals surface area contributed by atoms with Crippen LogP contribution in [-0.2, 0) is 9.59 Å². The molecule has 0 aliphatic heterocycles. The number of carbonyl (C=O) groups excluding carboxylic acids is 2. The Labute approximate surface area is 131 Å². The first kappa shape index (κ1) is 15.0. The third-order valence-electron chi connectivity index (χ3n) is 3.24. The van der Waals surface area contributed by atoms with Gasteiger partial charge in [0.15, 0.2) is 0 Å². The van der Waals surface area contributed by atoms with E-state index < -0.39 is 17.6 Å². The monoisotopic (exact) mass is 315 g/mol. The lowest BCUT2D eigenvalue weighted by Gasteiger charge is -2.00. The molecule has 0 unspecified atom stereocenters. The topological polar surface area (TPSA) is 83.7 Å². The molecule has 2 aromatic rings. The fourth-order valence-corrected chi connectivity index (χ4v) is 1.91. The second-order valence-corrected chi connectivity index (χ2v) is 5.13. The SMILES string of the molecule is O=C(N/N=C\c1ccc(-c2ccccc2F)o1)C(=O)NC1CC1. The zero-order chi connectivity index (χ0) is 16.2. The van der Waals surface area contributed by atoms with E-state index in [1.165, 1.54) is 12.3 Å². The quantitative estimate of drug-likeness (QED) is 0.513. The smallest absolute Gasteiger partial charge is 0.329 e. The molecule has 1 aliphatic carbocycles. The van der Waals surface area contributed by atoms with E-state index in [0.717, 1.165) is 12.8 Å². The Bertz CT molecular complexity index is 765. The molecular formula is C16H14FN3O3. The number of halogens is 1. The number of hydrogen-bond acceptors (Lipinski definition) is 4. The number of hydrazone groups is 1. The van der Waals surface area contributed by atoms with Crippen LogP contribution in [0.15, 0.2) is 45.9 Å². The summed E-state index contributed by atoms with van der Waals surface area (Å²) in [4.78, 5) is 22.9. The molecule has 1 aromatic heterocycles. The molecule has 23 heavy (non-hydrogen) atoms. The van der Waals surface area contributed by atoms with Gasteiger partial charge in [0.2, 0.25) is 0 Å². The van der Waals surface area contributed by atoms with E-state index in [4.69, 9.17) is 4.42 Å². The predicted octanol–water partition coefficient (Wildman–Crippen LogP) is 1.81. The van der Waals surface area contributed by atoms with Gasteiger partial charge >= 0.3 is 11.8 Å². The normalized spacial score (nSPS) is 14.0. The molecule has 6 nitrogen and oxygen atoms in total. The average molecular weight is 315 g/mol. The second-order valence-electron chi connectivity index (χ2n) is 5.13. The average Bonchev–Trinajstić information content (AvgIpc) is 3.23. The molecule has 1 saturated carbocycles. The van der Waals surface area contributed by atoms with Gasteiger partial charge in [-0.1, -0.05) is 12.1 Å². The first-order valence-electron chi connectivity index (χ1n) is 7.12. The van der Waals surface area contributed by atoms with Crippen molar-refractivity contribution in [2.75, 3.05) is 0 Å². The van der Waals surface area contributed by atoms with Crippen LogP contribution in [0.25, 0.3) is 11.3 Å². The number of carbonyl (C=O) groups is 2. The van der Waals surface area contributed by atoms with E-state index in [0.29, 0.717) is 17.1 Å². The van der Waals surface area contributed by atoms with Gasteiger partial charge in [0, 0.05) is 6.04 Å². The fourth-order valence-electron chi connectivity index (χ4n) is 1.91. The number of nitrogens with zero attached hydrogens (tertiary/aromatic N) is 1. The second kappa shape index (κ2) is 6.43. The van der Waals surface area contributed by atoms with Crippen molar-refractivity contribution in [1.82, 2.24) is 10.7 Å². The van der Waals surface area contributed by atoms with Crippen molar-refractivity contribution in [2.24, 2.45) is 5.10 Å². The summed E-state index contributed by atoms with van der Waals surface area (Å²) in [5, 5.41) is 6.19. The molecule has 1 aliphatic rings. The van der Waals surface area contributed by atoms with Crippen LogP contribution in [0.4, 0.5) is 4.39 Å².